The minimum Gasteiger partial charge on any atom is -0.447 e. The topological polar surface area (TPSA) is 327 Å². The second-order valence-corrected chi connectivity index (χ2v) is 11.8. The van der Waals surface area contributed by atoms with Crippen molar-refractivity contribution < 1.29 is 48.8 Å². The van der Waals surface area contributed by atoms with E-state index in [1.165, 1.54) is 6.92 Å². The van der Waals surface area contributed by atoms with Gasteiger partial charge >= 0.3 is 6.09 Å². The van der Waals surface area contributed by atoms with Crippen molar-refractivity contribution in [2.24, 2.45) is 22.2 Å². The number of fused-ring (bicyclic) bond motifs is 1. The van der Waals surface area contributed by atoms with Gasteiger partial charge in [-0.1, -0.05) is 0 Å². The van der Waals surface area contributed by atoms with E-state index >= 15 is 0 Å². The summed E-state index contributed by atoms with van der Waals surface area (Å²) in [4.78, 5) is 64.9. The number of β-amino-alcohol motifs (C(OH)–C–C–N with tert-alkyl or cyclic N) is 1. The zero-order valence-electron chi connectivity index (χ0n) is 26.2. The summed E-state index contributed by atoms with van der Waals surface area (Å²) < 4.78 is 10.6. The Morgan fingerprint density at radius 1 is 1.11 bits per heavy atom. The summed E-state index contributed by atoms with van der Waals surface area (Å²) in [5.74, 6) is -1.64. The first-order valence-corrected chi connectivity index (χ1v) is 15.6. The van der Waals surface area contributed by atoms with Crippen molar-refractivity contribution in [1.29, 1.82) is 0 Å². The lowest BCUT2D eigenvalue weighted by molar-refractivity contribution is -0.198. The molecule has 10 unspecified atom stereocenters. The number of nitrogens with one attached hydrogen (secondary N) is 6. The fourth-order valence-corrected chi connectivity index (χ4v) is 5.57. The molecule has 15 N–H and O–H groups in total. The third-order valence-electron chi connectivity index (χ3n) is 7.94. The molecule has 0 spiro atoms. The fourth-order valence-electron chi connectivity index (χ4n) is 5.57. The van der Waals surface area contributed by atoms with Crippen LogP contribution in [0, 0.1) is 0 Å². The standard InChI is InChI=1S/C27H48N10O10/c1-12(38)33-14(5-3-7-31-17(40)8-13(29)4-2-6-28)9-18(41)34-21-23(43)22(42)16(11-46-26(30)45)47-25(21)37-27-35-19-15(39)10-32-24(44)20(19)36-27/h13-16,19-23,25,39,42-43H,2-11,28-29H2,1H3,(H2,30,45)(H,31,40)(H,32,44)(H,33,38)(H,34,41)(H2,35,36,37). The predicted molar refractivity (Wildman–Crippen MR) is 164 cm³/mol. The Hall–Kier alpha value is -3.82. The summed E-state index contributed by atoms with van der Waals surface area (Å²) >= 11 is 0. The van der Waals surface area contributed by atoms with Gasteiger partial charge in [0.2, 0.25) is 23.6 Å². The maximum Gasteiger partial charge on any atom is 0.404 e. The fraction of sp³-hybridized carbons (Fsp3) is 0.778. The second-order valence-electron chi connectivity index (χ2n) is 11.8. The van der Waals surface area contributed by atoms with Gasteiger partial charge in [-0.25, -0.2) is 9.79 Å². The molecule has 3 aliphatic heterocycles. The summed E-state index contributed by atoms with van der Waals surface area (Å²) in [7, 11) is 0. The number of carbonyl (C=O) groups excluding carboxylic acids is 5. The Balaban J connectivity index is 1.63. The zero-order chi connectivity index (χ0) is 34.7. The van der Waals surface area contributed by atoms with Crippen molar-refractivity contribution in [3.63, 3.8) is 0 Å². The number of hydrogen-bond donors (Lipinski definition) is 12. The average Bonchev–Trinajstić information content (AvgIpc) is 3.44. The molecule has 20 heteroatoms. The molecule has 3 aliphatic rings. The van der Waals surface area contributed by atoms with Gasteiger partial charge in [-0.3, -0.25) is 19.2 Å². The predicted octanol–water partition coefficient (Wildman–Crippen LogP) is -5.96. The maximum absolute atomic E-state index is 13.2. The van der Waals surface area contributed by atoms with Crippen LogP contribution in [0.4, 0.5) is 4.79 Å². The van der Waals surface area contributed by atoms with Crippen LogP contribution < -0.4 is 49.1 Å². The monoisotopic (exact) mass is 672 g/mol. The minimum atomic E-state index is -1.66. The molecular formula is C27H48N10O10. The van der Waals surface area contributed by atoms with Gasteiger partial charge in [-0.15, -0.1) is 0 Å². The van der Waals surface area contributed by atoms with E-state index in [1.54, 1.807) is 0 Å². The van der Waals surface area contributed by atoms with E-state index in [0.29, 0.717) is 32.2 Å². The minimum absolute atomic E-state index is 0.0110. The number of carbonyl (C=O) groups is 5. The third kappa shape index (κ3) is 11.4. The molecule has 0 bridgehead atoms. The van der Waals surface area contributed by atoms with E-state index < -0.39 is 79.3 Å². The molecule has 0 saturated carbocycles. The highest BCUT2D eigenvalue weighted by Crippen LogP contribution is 2.22. The Labute approximate surface area is 271 Å². The SMILES string of the molecule is CC(=O)NC(CCCNC(=O)CC(N)CCCN)CC(=O)NC1C(NC2=NC3C(=O)NCC(O)C3N2)OC(COC(N)=O)C(O)C1O. The number of nitrogens with two attached hydrogens (primary N) is 3. The van der Waals surface area contributed by atoms with E-state index in [1.807, 2.05) is 0 Å². The first-order chi connectivity index (χ1) is 22.3. The molecule has 3 heterocycles. The van der Waals surface area contributed by atoms with Crippen LogP contribution in [0.5, 0.6) is 0 Å². The zero-order valence-corrected chi connectivity index (χ0v) is 26.2. The van der Waals surface area contributed by atoms with Crippen LogP contribution in [0.2, 0.25) is 0 Å². The van der Waals surface area contributed by atoms with Gasteiger partial charge < -0.3 is 73.9 Å². The molecule has 2 saturated heterocycles. The summed E-state index contributed by atoms with van der Waals surface area (Å²) in [6.45, 7) is 1.55. The molecule has 10 atom stereocenters. The quantitative estimate of drug-likeness (QED) is 0.0680. The van der Waals surface area contributed by atoms with Crippen LogP contribution in [0.3, 0.4) is 0 Å². The van der Waals surface area contributed by atoms with E-state index in [2.05, 4.69) is 36.9 Å². The van der Waals surface area contributed by atoms with Gasteiger partial charge in [-0.05, 0) is 32.2 Å². The summed E-state index contributed by atoms with van der Waals surface area (Å²) in [6.07, 6.45) is -5.95. The molecule has 0 aromatic heterocycles. The largest absolute Gasteiger partial charge is 0.447 e. The third-order valence-corrected chi connectivity index (χ3v) is 7.94. The molecule has 0 aliphatic carbocycles. The molecule has 47 heavy (non-hydrogen) atoms. The lowest BCUT2D eigenvalue weighted by Gasteiger charge is -2.43. The van der Waals surface area contributed by atoms with Crippen LogP contribution in [0.15, 0.2) is 4.99 Å². The molecule has 0 aromatic carbocycles. The van der Waals surface area contributed by atoms with Gasteiger partial charge in [0.25, 0.3) is 0 Å². The number of aliphatic hydroxyl groups excluding tert-OH is 3. The van der Waals surface area contributed by atoms with Crippen LogP contribution in [-0.2, 0) is 28.7 Å². The number of hydrogen-bond acceptors (Lipinski definition) is 15. The lowest BCUT2D eigenvalue weighted by Crippen LogP contribution is -2.69. The van der Waals surface area contributed by atoms with Crippen molar-refractivity contribution in [2.75, 3.05) is 26.2 Å². The van der Waals surface area contributed by atoms with Gasteiger partial charge in [0, 0.05) is 44.9 Å². The highest BCUT2D eigenvalue weighted by Gasteiger charge is 2.48. The van der Waals surface area contributed by atoms with Crippen molar-refractivity contribution in [2.45, 2.75) is 106 Å². The number of rotatable bonds is 16. The molecule has 20 nitrogen and oxygen atoms in total. The van der Waals surface area contributed by atoms with E-state index in [4.69, 9.17) is 26.7 Å². The highest BCUT2D eigenvalue weighted by atomic mass is 16.6. The molecule has 0 aromatic rings. The summed E-state index contributed by atoms with van der Waals surface area (Å²) in [5.41, 5.74) is 16.4. The molecular weight excluding hydrogens is 624 g/mol. The Morgan fingerprint density at radius 2 is 1.85 bits per heavy atom. The second kappa shape index (κ2) is 17.9. The molecule has 266 valence electrons. The molecule has 2 fully saturated rings. The van der Waals surface area contributed by atoms with Gasteiger partial charge in [0.05, 0.1) is 12.1 Å². The van der Waals surface area contributed by atoms with Crippen molar-refractivity contribution >= 4 is 35.7 Å². The molecule has 3 rings (SSSR count). The van der Waals surface area contributed by atoms with Gasteiger partial charge in [-0.2, -0.15) is 0 Å². The first kappa shape index (κ1) is 37.6. The highest BCUT2D eigenvalue weighted by molar-refractivity contribution is 5.92. The normalized spacial score (nSPS) is 29.6. The Bertz CT molecular complexity index is 1150. The maximum atomic E-state index is 13.2. The summed E-state index contributed by atoms with van der Waals surface area (Å²) in [5, 5.41) is 48.4. The lowest BCUT2D eigenvalue weighted by atomic mass is 9.95. The smallest absolute Gasteiger partial charge is 0.404 e. The van der Waals surface area contributed by atoms with Crippen LogP contribution >= 0.6 is 0 Å². The number of primary amides is 1. The van der Waals surface area contributed by atoms with Crippen LogP contribution in [0.1, 0.15) is 45.4 Å². The van der Waals surface area contributed by atoms with Crippen LogP contribution in [-0.4, -0.2) is 138 Å². The Kier molecular flexibility index (Phi) is 14.3. The van der Waals surface area contributed by atoms with Crippen molar-refractivity contribution in [1.82, 2.24) is 31.9 Å². The number of guanidine groups is 1. The summed E-state index contributed by atoms with van der Waals surface area (Å²) in [6, 6.07) is -3.96. The molecule has 0 radical (unpaired) electrons. The number of nitrogens with zero attached hydrogens (tertiary/aromatic N) is 1. The number of aliphatic hydroxyl groups is 3. The first-order valence-electron chi connectivity index (χ1n) is 15.6. The van der Waals surface area contributed by atoms with Crippen molar-refractivity contribution in [3.05, 3.63) is 0 Å². The van der Waals surface area contributed by atoms with Gasteiger partial charge in [0.1, 0.15) is 31.0 Å². The van der Waals surface area contributed by atoms with Crippen LogP contribution in [0.25, 0.3) is 0 Å². The van der Waals surface area contributed by atoms with E-state index in [-0.39, 0.29) is 49.7 Å². The average molecular weight is 673 g/mol. The van der Waals surface area contributed by atoms with Crippen molar-refractivity contribution in [3.8, 4) is 0 Å². The van der Waals surface area contributed by atoms with Gasteiger partial charge in [0.15, 0.2) is 18.2 Å². The number of ether oxygens (including phenoxy) is 2. The molecule has 5 amide bonds. The Morgan fingerprint density at radius 3 is 2.51 bits per heavy atom. The number of aliphatic imine (C=N–C) groups is 1. The number of piperidine rings is 1. The van der Waals surface area contributed by atoms with E-state index in [9.17, 15) is 39.3 Å². The number of amides is 5. The van der Waals surface area contributed by atoms with E-state index in [0.717, 1.165) is 0 Å².